The number of furan rings is 1. The molecule has 0 fully saturated rings. The van der Waals surface area contributed by atoms with Gasteiger partial charge in [-0.1, -0.05) is 146 Å². The maximum atomic E-state index is 6.41. The number of benzene rings is 7. The Balaban J connectivity index is 1.17. The summed E-state index contributed by atoms with van der Waals surface area (Å²) in [4.78, 5) is 2.48. The standard InChI is InChI=1S/C48H33NO/c1-3-13-32(14-4-1)33-23-25-35(26-24-33)49(44-21-11-9-17-37(44)34-15-5-2-6-16-34)36-27-28-39-38-18-7-8-19-40(38)47-41(43(39)31-36)29-30-46-48(47)42-20-10-12-22-45(42)50-46/h1-30,43H,31H2. The lowest BCUT2D eigenvalue weighted by Gasteiger charge is -2.38. The summed E-state index contributed by atoms with van der Waals surface area (Å²) >= 11 is 0. The van der Waals surface area contributed by atoms with Crippen LogP contribution in [0.3, 0.4) is 0 Å². The molecule has 10 rings (SSSR count). The summed E-state index contributed by atoms with van der Waals surface area (Å²) in [6.45, 7) is 0. The highest BCUT2D eigenvalue weighted by molar-refractivity contribution is 6.15. The van der Waals surface area contributed by atoms with Gasteiger partial charge in [-0.15, -0.1) is 0 Å². The minimum atomic E-state index is 0.188. The minimum absolute atomic E-state index is 0.188. The molecule has 1 atom stereocenters. The van der Waals surface area contributed by atoms with E-state index in [-0.39, 0.29) is 5.92 Å². The molecular formula is C48H33NO. The maximum Gasteiger partial charge on any atom is 0.136 e. The Kier molecular flexibility index (Phi) is 6.67. The second kappa shape index (κ2) is 11.6. The Labute approximate surface area is 291 Å². The SMILES string of the molecule is C1=C2c3ccccc3-c3c(ccc4oc5ccccc5c34)C2CC(N(c2ccc(-c3ccccc3)cc2)c2ccccc2-c2ccccc2)=C1. The predicted molar refractivity (Wildman–Crippen MR) is 208 cm³/mol. The van der Waals surface area contributed by atoms with Gasteiger partial charge in [0.1, 0.15) is 11.2 Å². The lowest BCUT2D eigenvalue weighted by molar-refractivity contribution is 0.668. The van der Waals surface area contributed by atoms with Gasteiger partial charge < -0.3 is 9.32 Å². The van der Waals surface area contributed by atoms with Crippen molar-refractivity contribution >= 4 is 38.9 Å². The molecule has 50 heavy (non-hydrogen) atoms. The smallest absolute Gasteiger partial charge is 0.136 e. The van der Waals surface area contributed by atoms with Gasteiger partial charge in [-0.3, -0.25) is 0 Å². The van der Waals surface area contributed by atoms with E-state index in [1.165, 1.54) is 72.2 Å². The van der Waals surface area contributed by atoms with E-state index < -0.39 is 0 Å². The van der Waals surface area contributed by atoms with Crippen LogP contribution in [0.4, 0.5) is 11.4 Å². The lowest BCUT2D eigenvalue weighted by atomic mass is 9.70. The van der Waals surface area contributed by atoms with E-state index in [4.69, 9.17) is 4.42 Å². The summed E-state index contributed by atoms with van der Waals surface area (Å²) < 4.78 is 6.41. The molecule has 236 valence electrons. The molecule has 2 heteroatoms. The van der Waals surface area contributed by atoms with Crippen molar-refractivity contribution in [1.82, 2.24) is 0 Å². The molecule has 2 aliphatic carbocycles. The van der Waals surface area contributed by atoms with Crippen LogP contribution in [0.5, 0.6) is 0 Å². The monoisotopic (exact) mass is 639 g/mol. The molecule has 0 saturated heterocycles. The van der Waals surface area contributed by atoms with Crippen molar-refractivity contribution in [2.75, 3.05) is 4.90 Å². The summed E-state index contributed by atoms with van der Waals surface area (Å²) in [6, 6.07) is 61.1. The van der Waals surface area contributed by atoms with Crippen LogP contribution in [0, 0.1) is 0 Å². The normalized spacial score (nSPS) is 14.8. The number of fused-ring (bicyclic) bond motifs is 10. The summed E-state index contributed by atoms with van der Waals surface area (Å²) in [7, 11) is 0. The molecular weight excluding hydrogens is 607 g/mol. The first-order valence-electron chi connectivity index (χ1n) is 17.4. The highest BCUT2D eigenvalue weighted by atomic mass is 16.3. The number of rotatable bonds is 5. The van der Waals surface area contributed by atoms with Gasteiger partial charge in [-0.2, -0.15) is 0 Å². The molecule has 7 aromatic carbocycles. The molecule has 0 aliphatic heterocycles. The minimum Gasteiger partial charge on any atom is -0.456 e. The van der Waals surface area contributed by atoms with Gasteiger partial charge in [0.25, 0.3) is 0 Å². The Bertz CT molecular complexity index is 2610. The van der Waals surface area contributed by atoms with Gasteiger partial charge in [0.15, 0.2) is 0 Å². The number of allylic oxidation sites excluding steroid dienone is 4. The van der Waals surface area contributed by atoms with E-state index in [1.54, 1.807) is 0 Å². The van der Waals surface area contributed by atoms with E-state index in [9.17, 15) is 0 Å². The van der Waals surface area contributed by atoms with E-state index >= 15 is 0 Å². The van der Waals surface area contributed by atoms with Crippen LogP contribution in [0.15, 0.2) is 192 Å². The van der Waals surface area contributed by atoms with Crippen LogP contribution < -0.4 is 4.90 Å². The highest BCUT2D eigenvalue weighted by Gasteiger charge is 2.35. The zero-order chi connectivity index (χ0) is 33.0. The fourth-order valence-electron chi connectivity index (χ4n) is 8.20. The first-order chi connectivity index (χ1) is 24.8. The van der Waals surface area contributed by atoms with Crippen LogP contribution in [-0.4, -0.2) is 0 Å². The number of nitrogens with zero attached hydrogens (tertiary/aromatic N) is 1. The molecule has 0 spiro atoms. The molecule has 0 bridgehead atoms. The molecule has 1 aromatic heterocycles. The number of hydrogen-bond acceptors (Lipinski definition) is 2. The van der Waals surface area contributed by atoms with Crippen molar-refractivity contribution < 1.29 is 4.42 Å². The topological polar surface area (TPSA) is 16.4 Å². The van der Waals surface area contributed by atoms with E-state index in [0.29, 0.717) is 0 Å². The van der Waals surface area contributed by atoms with E-state index in [2.05, 4.69) is 187 Å². The van der Waals surface area contributed by atoms with Crippen LogP contribution in [-0.2, 0) is 0 Å². The zero-order valence-corrected chi connectivity index (χ0v) is 27.5. The Hall–Kier alpha value is -6.38. The Morgan fingerprint density at radius 3 is 1.92 bits per heavy atom. The largest absolute Gasteiger partial charge is 0.456 e. The van der Waals surface area contributed by atoms with Gasteiger partial charge in [0.2, 0.25) is 0 Å². The van der Waals surface area contributed by atoms with Crippen molar-refractivity contribution in [3.63, 3.8) is 0 Å². The van der Waals surface area contributed by atoms with Crippen molar-refractivity contribution in [3.8, 4) is 33.4 Å². The zero-order valence-electron chi connectivity index (χ0n) is 27.5. The third-order valence-corrected chi connectivity index (χ3v) is 10.5. The van der Waals surface area contributed by atoms with Gasteiger partial charge in [0, 0.05) is 33.6 Å². The van der Waals surface area contributed by atoms with Gasteiger partial charge >= 0.3 is 0 Å². The first-order valence-corrected chi connectivity index (χ1v) is 17.4. The average Bonchev–Trinajstić information content (AvgIpc) is 3.58. The summed E-state index contributed by atoms with van der Waals surface area (Å²) in [5, 5.41) is 2.38. The quantitative estimate of drug-likeness (QED) is 0.186. The third kappa shape index (κ3) is 4.57. The Morgan fingerprint density at radius 2 is 1.12 bits per heavy atom. The van der Waals surface area contributed by atoms with Gasteiger partial charge in [-0.25, -0.2) is 0 Å². The van der Waals surface area contributed by atoms with Crippen LogP contribution in [0.2, 0.25) is 0 Å². The fraction of sp³-hybridized carbons (Fsp3) is 0.0417. The predicted octanol–water partition coefficient (Wildman–Crippen LogP) is 13.2. The molecule has 0 saturated carbocycles. The molecule has 8 aromatic rings. The second-order valence-corrected chi connectivity index (χ2v) is 13.2. The lowest BCUT2D eigenvalue weighted by Crippen LogP contribution is -2.23. The first kappa shape index (κ1) is 28.6. The van der Waals surface area contributed by atoms with Crippen molar-refractivity contribution in [3.05, 3.63) is 199 Å². The van der Waals surface area contributed by atoms with Crippen LogP contribution >= 0.6 is 0 Å². The fourth-order valence-corrected chi connectivity index (χ4v) is 8.20. The summed E-state index contributed by atoms with van der Waals surface area (Å²) in [6.07, 6.45) is 5.59. The highest BCUT2D eigenvalue weighted by Crippen LogP contribution is 2.55. The summed E-state index contributed by atoms with van der Waals surface area (Å²) in [5.41, 5.74) is 16.9. The molecule has 2 aliphatic rings. The van der Waals surface area contributed by atoms with Crippen molar-refractivity contribution in [2.45, 2.75) is 12.3 Å². The van der Waals surface area contributed by atoms with E-state index in [1.807, 2.05) is 0 Å². The molecule has 0 radical (unpaired) electrons. The average molecular weight is 640 g/mol. The molecule has 1 unspecified atom stereocenters. The third-order valence-electron chi connectivity index (χ3n) is 10.5. The van der Waals surface area contributed by atoms with E-state index in [0.717, 1.165) is 23.3 Å². The van der Waals surface area contributed by atoms with Crippen molar-refractivity contribution in [1.29, 1.82) is 0 Å². The number of para-hydroxylation sites is 2. The van der Waals surface area contributed by atoms with Gasteiger partial charge in [0.05, 0.1) is 5.69 Å². The maximum absolute atomic E-state index is 6.41. The second-order valence-electron chi connectivity index (χ2n) is 13.2. The van der Waals surface area contributed by atoms with Gasteiger partial charge in [-0.05, 0) is 87.3 Å². The van der Waals surface area contributed by atoms with Crippen molar-refractivity contribution in [2.24, 2.45) is 0 Å². The van der Waals surface area contributed by atoms with Crippen LogP contribution in [0.1, 0.15) is 23.5 Å². The van der Waals surface area contributed by atoms with Crippen LogP contribution in [0.25, 0.3) is 60.9 Å². The number of hydrogen-bond donors (Lipinski definition) is 0. The molecule has 2 nitrogen and oxygen atoms in total. The molecule has 1 heterocycles. The molecule has 0 amide bonds. The molecule has 0 N–H and O–H groups in total. The Morgan fingerprint density at radius 1 is 0.480 bits per heavy atom. The number of anilines is 2. The summed E-state index contributed by atoms with van der Waals surface area (Å²) in [5.74, 6) is 0.188.